The number of hydrogen-bond acceptors (Lipinski definition) is 2. The monoisotopic (exact) mass is 241 g/mol. The molecule has 1 aliphatic carbocycles. The van der Waals surface area contributed by atoms with Crippen LogP contribution in [0.1, 0.15) is 18.4 Å². The van der Waals surface area contributed by atoms with Crippen molar-refractivity contribution < 1.29 is 5.11 Å². The summed E-state index contributed by atoms with van der Waals surface area (Å²) in [6, 6.07) is 11.9. The van der Waals surface area contributed by atoms with E-state index in [4.69, 9.17) is 0 Å². The van der Waals surface area contributed by atoms with E-state index in [0.717, 1.165) is 24.3 Å². The number of phenols is 1. The summed E-state index contributed by atoms with van der Waals surface area (Å²) in [6.45, 7) is 2.21. The second-order valence-corrected chi connectivity index (χ2v) is 5.22. The van der Waals surface area contributed by atoms with Crippen molar-refractivity contribution in [1.29, 1.82) is 0 Å². The van der Waals surface area contributed by atoms with E-state index in [-0.39, 0.29) is 0 Å². The average Bonchev–Trinajstić information content (AvgIpc) is 3.18. The molecule has 0 amide bonds. The molecule has 18 heavy (non-hydrogen) atoms. The summed E-state index contributed by atoms with van der Waals surface area (Å²) in [5.41, 5.74) is 1.36. The molecule has 0 bridgehead atoms. The van der Waals surface area contributed by atoms with Crippen LogP contribution in [-0.2, 0) is 6.42 Å². The molecule has 1 saturated carbocycles. The number of phenolic OH excluding ortho intramolecular Hbond substituents is 1. The van der Waals surface area contributed by atoms with Gasteiger partial charge in [0.25, 0.3) is 0 Å². The highest BCUT2D eigenvalue weighted by Gasteiger charge is 2.19. The molecule has 0 atom stereocenters. The number of nitrogens with one attached hydrogen (secondary N) is 1. The Balaban J connectivity index is 1.70. The molecule has 0 heterocycles. The standard InChI is InChI=1S/C16H19NO/c18-15-6-7-16-13(2-1-3-14(16)10-15)8-9-17-11-12-4-5-12/h1-3,6-7,10,12,17-18H,4-5,8-9,11H2. The second-order valence-electron chi connectivity index (χ2n) is 5.22. The fourth-order valence-corrected chi connectivity index (χ4v) is 2.41. The maximum absolute atomic E-state index is 9.49. The molecule has 0 unspecified atom stereocenters. The fraction of sp³-hybridized carbons (Fsp3) is 0.375. The highest BCUT2D eigenvalue weighted by Crippen LogP contribution is 2.27. The first-order valence-corrected chi connectivity index (χ1v) is 6.74. The molecule has 0 aromatic heterocycles. The molecule has 0 radical (unpaired) electrons. The summed E-state index contributed by atoms with van der Waals surface area (Å²) in [4.78, 5) is 0. The number of aromatic hydroxyl groups is 1. The van der Waals surface area contributed by atoms with Gasteiger partial charge < -0.3 is 10.4 Å². The number of rotatable bonds is 5. The Morgan fingerprint density at radius 3 is 2.89 bits per heavy atom. The van der Waals surface area contributed by atoms with Crippen molar-refractivity contribution in [3.05, 3.63) is 42.0 Å². The highest BCUT2D eigenvalue weighted by molar-refractivity contribution is 5.86. The summed E-state index contributed by atoms with van der Waals surface area (Å²) in [5.74, 6) is 1.28. The van der Waals surface area contributed by atoms with Gasteiger partial charge in [-0.05, 0) is 66.7 Å². The average molecular weight is 241 g/mol. The molecule has 2 N–H and O–H groups in total. The maximum atomic E-state index is 9.49. The fourth-order valence-electron chi connectivity index (χ4n) is 2.41. The van der Waals surface area contributed by atoms with Crippen molar-refractivity contribution >= 4 is 10.8 Å². The lowest BCUT2D eigenvalue weighted by Gasteiger charge is -2.08. The van der Waals surface area contributed by atoms with Gasteiger partial charge in [-0.15, -0.1) is 0 Å². The third kappa shape index (κ3) is 2.65. The van der Waals surface area contributed by atoms with Crippen LogP contribution in [0.15, 0.2) is 36.4 Å². The quantitative estimate of drug-likeness (QED) is 0.788. The normalized spacial score (nSPS) is 15.1. The first-order valence-electron chi connectivity index (χ1n) is 6.74. The number of hydrogen-bond donors (Lipinski definition) is 2. The van der Waals surface area contributed by atoms with Gasteiger partial charge in [0.15, 0.2) is 0 Å². The Kier molecular flexibility index (Phi) is 3.20. The van der Waals surface area contributed by atoms with Crippen molar-refractivity contribution in [2.24, 2.45) is 5.92 Å². The first-order chi connectivity index (χ1) is 8.83. The zero-order valence-corrected chi connectivity index (χ0v) is 10.5. The van der Waals surface area contributed by atoms with E-state index in [1.54, 1.807) is 6.07 Å². The number of benzene rings is 2. The van der Waals surface area contributed by atoms with Crippen LogP contribution in [0, 0.1) is 5.92 Å². The van der Waals surface area contributed by atoms with E-state index in [9.17, 15) is 5.11 Å². The molecular formula is C16H19NO. The minimum atomic E-state index is 0.339. The summed E-state index contributed by atoms with van der Waals surface area (Å²) < 4.78 is 0. The predicted molar refractivity (Wildman–Crippen MR) is 74.9 cm³/mol. The third-order valence-electron chi connectivity index (χ3n) is 3.66. The smallest absolute Gasteiger partial charge is 0.116 e. The molecule has 1 fully saturated rings. The SMILES string of the molecule is Oc1ccc2c(CCNCC3CC3)cccc2c1. The lowest BCUT2D eigenvalue weighted by Crippen LogP contribution is -2.19. The van der Waals surface area contributed by atoms with Crippen LogP contribution in [0.25, 0.3) is 10.8 Å². The maximum Gasteiger partial charge on any atom is 0.116 e. The van der Waals surface area contributed by atoms with Gasteiger partial charge in [-0.1, -0.05) is 24.3 Å². The lowest BCUT2D eigenvalue weighted by molar-refractivity contribution is 0.476. The molecule has 0 aliphatic heterocycles. The molecule has 0 saturated heterocycles. The predicted octanol–water partition coefficient (Wildman–Crippen LogP) is 3.09. The Bertz CT molecular complexity index is 546. The topological polar surface area (TPSA) is 32.3 Å². The van der Waals surface area contributed by atoms with Gasteiger partial charge >= 0.3 is 0 Å². The van der Waals surface area contributed by atoms with Crippen molar-refractivity contribution in [1.82, 2.24) is 5.32 Å². The summed E-state index contributed by atoms with van der Waals surface area (Å²) >= 11 is 0. The highest BCUT2D eigenvalue weighted by atomic mass is 16.3. The van der Waals surface area contributed by atoms with Gasteiger partial charge in [-0.3, -0.25) is 0 Å². The first kappa shape index (κ1) is 11.5. The van der Waals surface area contributed by atoms with Crippen molar-refractivity contribution in [2.75, 3.05) is 13.1 Å². The van der Waals surface area contributed by atoms with Gasteiger partial charge in [0, 0.05) is 0 Å². The molecular weight excluding hydrogens is 222 g/mol. The minimum Gasteiger partial charge on any atom is -0.508 e. The van der Waals surface area contributed by atoms with E-state index < -0.39 is 0 Å². The van der Waals surface area contributed by atoms with Crippen LogP contribution in [0.3, 0.4) is 0 Å². The zero-order chi connectivity index (χ0) is 12.4. The Morgan fingerprint density at radius 1 is 1.17 bits per heavy atom. The molecule has 94 valence electrons. The molecule has 1 aliphatic rings. The number of fused-ring (bicyclic) bond motifs is 1. The van der Waals surface area contributed by atoms with E-state index >= 15 is 0 Å². The minimum absolute atomic E-state index is 0.339. The van der Waals surface area contributed by atoms with Crippen molar-refractivity contribution in [3.63, 3.8) is 0 Å². The van der Waals surface area contributed by atoms with Crippen LogP contribution in [0.2, 0.25) is 0 Å². The summed E-state index contributed by atoms with van der Waals surface area (Å²) in [6.07, 6.45) is 3.86. The van der Waals surface area contributed by atoms with Gasteiger partial charge in [-0.2, -0.15) is 0 Å². The molecule has 3 rings (SSSR count). The van der Waals surface area contributed by atoms with E-state index in [2.05, 4.69) is 23.5 Å². The lowest BCUT2D eigenvalue weighted by atomic mass is 10.0. The summed E-state index contributed by atoms with van der Waals surface area (Å²) in [7, 11) is 0. The molecule has 2 aromatic carbocycles. The van der Waals surface area contributed by atoms with Crippen LogP contribution >= 0.6 is 0 Å². The van der Waals surface area contributed by atoms with E-state index in [0.29, 0.717) is 5.75 Å². The van der Waals surface area contributed by atoms with Crippen molar-refractivity contribution in [2.45, 2.75) is 19.3 Å². The van der Waals surface area contributed by atoms with Gasteiger partial charge in [0.05, 0.1) is 0 Å². The Morgan fingerprint density at radius 2 is 2.06 bits per heavy atom. The van der Waals surface area contributed by atoms with Gasteiger partial charge in [0.1, 0.15) is 5.75 Å². The second kappa shape index (κ2) is 4.99. The van der Waals surface area contributed by atoms with Crippen LogP contribution in [-0.4, -0.2) is 18.2 Å². The Labute approximate surface area is 108 Å². The van der Waals surface area contributed by atoms with E-state index in [1.165, 1.54) is 30.3 Å². The largest absolute Gasteiger partial charge is 0.508 e. The van der Waals surface area contributed by atoms with E-state index in [1.807, 2.05) is 12.1 Å². The van der Waals surface area contributed by atoms with Gasteiger partial charge in [-0.25, -0.2) is 0 Å². The third-order valence-corrected chi connectivity index (χ3v) is 3.66. The molecule has 2 heteroatoms. The Hall–Kier alpha value is -1.54. The molecule has 0 spiro atoms. The summed E-state index contributed by atoms with van der Waals surface area (Å²) in [5, 5.41) is 15.4. The van der Waals surface area contributed by atoms with Crippen molar-refractivity contribution in [3.8, 4) is 5.75 Å². The van der Waals surface area contributed by atoms with Gasteiger partial charge in [0.2, 0.25) is 0 Å². The van der Waals surface area contributed by atoms with Crippen LogP contribution in [0.5, 0.6) is 5.75 Å². The van der Waals surface area contributed by atoms with Crippen LogP contribution in [0.4, 0.5) is 0 Å². The molecule has 2 nitrogen and oxygen atoms in total. The zero-order valence-electron chi connectivity index (χ0n) is 10.5. The van der Waals surface area contributed by atoms with Crippen LogP contribution < -0.4 is 5.32 Å². The molecule has 2 aromatic rings.